The highest BCUT2D eigenvalue weighted by Gasteiger charge is 2.26. The highest BCUT2D eigenvalue weighted by Crippen LogP contribution is 2.36. The van der Waals surface area contributed by atoms with E-state index in [1.54, 1.807) is 14.2 Å². The number of aromatic amines is 1. The molecular weight excluding hydrogens is 414 g/mol. The number of ether oxygens (including phenoxy) is 2. The summed E-state index contributed by atoms with van der Waals surface area (Å²) < 4.78 is 13.1. The Morgan fingerprint density at radius 3 is 2.82 bits per heavy atom. The van der Waals surface area contributed by atoms with Crippen LogP contribution in [0.15, 0.2) is 60.7 Å². The van der Waals surface area contributed by atoms with Crippen LogP contribution >= 0.6 is 0 Å². The molecule has 166 valence electrons. The number of benzene rings is 3. The van der Waals surface area contributed by atoms with Gasteiger partial charge in [-0.1, -0.05) is 23.4 Å². The molecule has 0 unspecified atom stereocenters. The molecule has 0 saturated heterocycles. The van der Waals surface area contributed by atoms with E-state index in [1.165, 1.54) is 22.2 Å². The van der Waals surface area contributed by atoms with Crippen LogP contribution in [0.4, 0.5) is 0 Å². The van der Waals surface area contributed by atoms with Crippen molar-refractivity contribution in [3.05, 3.63) is 83.0 Å². The molecule has 2 N–H and O–H groups in total. The Bertz CT molecular complexity index is 1470. The average Bonchev–Trinajstić information content (AvgIpc) is 3.45. The minimum atomic E-state index is 0.0734. The van der Waals surface area contributed by atoms with Gasteiger partial charge in [0.05, 0.1) is 32.3 Å². The summed E-state index contributed by atoms with van der Waals surface area (Å²) in [6, 6.07) is 20.7. The second-order valence-corrected chi connectivity index (χ2v) is 8.37. The Morgan fingerprint density at radius 1 is 1.03 bits per heavy atom. The molecule has 0 amide bonds. The zero-order valence-electron chi connectivity index (χ0n) is 18.6. The van der Waals surface area contributed by atoms with E-state index >= 15 is 0 Å². The Kier molecular flexibility index (Phi) is 4.77. The molecule has 1 atom stereocenters. The van der Waals surface area contributed by atoms with Gasteiger partial charge in [-0.3, -0.25) is 0 Å². The monoisotopic (exact) mass is 439 g/mol. The van der Waals surface area contributed by atoms with Crippen molar-refractivity contribution in [2.24, 2.45) is 0 Å². The van der Waals surface area contributed by atoms with Gasteiger partial charge in [-0.2, -0.15) is 0 Å². The van der Waals surface area contributed by atoms with E-state index < -0.39 is 0 Å². The standard InChI is InChI=1S/C26H25N5O2/c1-32-18-8-9-21-20(14-18)19-11-12-27-25(26(19)28-21)16-7-10-24(33-2)17(13-16)15-31-23-6-4-3-5-22(23)29-30-31/h3-10,13-14,25,27-28H,11-12,15H2,1-2H3/t25-/m1/s1. The lowest BCUT2D eigenvalue weighted by atomic mass is 9.93. The zero-order chi connectivity index (χ0) is 22.4. The summed E-state index contributed by atoms with van der Waals surface area (Å²) in [6.07, 6.45) is 0.979. The van der Waals surface area contributed by atoms with Gasteiger partial charge in [0.2, 0.25) is 0 Å². The van der Waals surface area contributed by atoms with E-state index in [1.807, 2.05) is 41.1 Å². The molecule has 3 aromatic carbocycles. The molecule has 5 aromatic rings. The van der Waals surface area contributed by atoms with Crippen molar-refractivity contribution in [2.75, 3.05) is 20.8 Å². The second-order valence-electron chi connectivity index (χ2n) is 8.37. The van der Waals surface area contributed by atoms with Crippen molar-refractivity contribution in [3.63, 3.8) is 0 Å². The summed E-state index contributed by atoms with van der Waals surface area (Å²) in [5, 5.41) is 13.6. The van der Waals surface area contributed by atoms with Crippen LogP contribution < -0.4 is 14.8 Å². The third-order valence-electron chi connectivity index (χ3n) is 6.54. The molecule has 0 radical (unpaired) electrons. The lowest BCUT2D eigenvalue weighted by Gasteiger charge is -2.25. The van der Waals surface area contributed by atoms with Crippen LogP contribution in [0.2, 0.25) is 0 Å². The molecule has 0 saturated carbocycles. The van der Waals surface area contributed by atoms with Gasteiger partial charge in [0.25, 0.3) is 0 Å². The van der Waals surface area contributed by atoms with Crippen LogP contribution in [0.25, 0.3) is 21.9 Å². The lowest BCUT2D eigenvalue weighted by Crippen LogP contribution is -2.30. The molecule has 1 aliphatic heterocycles. The van der Waals surface area contributed by atoms with Gasteiger partial charge >= 0.3 is 0 Å². The van der Waals surface area contributed by atoms with E-state index in [-0.39, 0.29) is 6.04 Å². The summed E-state index contributed by atoms with van der Waals surface area (Å²) in [4.78, 5) is 3.66. The van der Waals surface area contributed by atoms with Crippen molar-refractivity contribution in [2.45, 2.75) is 19.0 Å². The fourth-order valence-corrected chi connectivity index (χ4v) is 4.92. The largest absolute Gasteiger partial charge is 0.497 e. The maximum atomic E-state index is 5.69. The smallest absolute Gasteiger partial charge is 0.123 e. The Morgan fingerprint density at radius 2 is 1.94 bits per heavy atom. The van der Waals surface area contributed by atoms with E-state index in [4.69, 9.17) is 9.47 Å². The minimum Gasteiger partial charge on any atom is -0.497 e. The van der Waals surface area contributed by atoms with E-state index in [9.17, 15) is 0 Å². The van der Waals surface area contributed by atoms with Crippen LogP contribution in [0.1, 0.15) is 28.4 Å². The predicted octanol–water partition coefficient (Wildman–Crippen LogP) is 4.21. The van der Waals surface area contributed by atoms with Crippen LogP contribution in [0.5, 0.6) is 11.5 Å². The SMILES string of the molecule is COc1ccc2[nH]c3c(c2c1)CCN[C@@H]3c1ccc(OC)c(Cn2nnc3ccccc32)c1. The topological polar surface area (TPSA) is 77.0 Å². The summed E-state index contributed by atoms with van der Waals surface area (Å²) in [7, 11) is 3.42. The first kappa shape index (κ1) is 19.8. The van der Waals surface area contributed by atoms with Gasteiger partial charge in [-0.25, -0.2) is 4.68 Å². The van der Waals surface area contributed by atoms with Crippen molar-refractivity contribution in [1.82, 2.24) is 25.3 Å². The van der Waals surface area contributed by atoms with Gasteiger partial charge in [0.15, 0.2) is 0 Å². The Balaban J connectivity index is 1.41. The molecular formula is C26H25N5O2. The molecule has 3 heterocycles. The lowest BCUT2D eigenvalue weighted by molar-refractivity contribution is 0.407. The first-order valence-electron chi connectivity index (χ1n) is 11.1. The normalized spacial score (nSPS) is 15.6. The predicted molar refractivity (Wildman–Crippen MR) is 128 cm³/mol. The summed E-state index contributed by atoms with van der Waals surface area (Å²) in [5.41, 5.74) is 7.86. The van der Waals surface area contributed by atoms with Crippen LogP contribution in [0, 0.1) is 0 Å². The number of nitrogens with zero attached hydrogens (tertiary/aromatic N) is 3. The van der Waals surface area contributed by atoms with Crippen LogP contribution in [0.3, 0.4) is 0 Å². The van der Waals surface area contributed by atoms with Crippen molar-refractivity contribution in [1.29, 1.82) is 0 Å². The number of H-pyrrole nitrogens is 1. The van der Waals surface area contributed by atoms with Gasteiger partial charge in [-0.05, 0) is 60.0 Å². The molecule has 33 heavy (non-hydrogen) atoms. The number of nitrogens with one attached hydrogen (secondary N) is 2. The maximum Gasteiger partial charge on any atom is 0.123 e. The Labute approximate surface area is 191 Å². The minimum absolute atomic E-state index is 0.0734. The first-order valence-corrected chi connectivity index (χ1v) is 11.1. The molecule has 7 nitrogen and oxygen atoms in total. The third kappa shape index (κ3) is 3.32. The number of fused-ring (bicyclic) bond motifs is 4. The van der Waals surface area contributed by atoms with Crippen molar-refractivity contribution in [3.8, 4) is 11.5 Å². The Hall–Kier alpha value is -3.84. The van der Waals surface area contributed by atoms with Crippen molar-refractivity contribution < 1.29 is 9.47 Å². The van der Waals surface area contributed by atoms with Crippen LogP contribution in [-0.4, -0.2) is 40.7 Å². The molecule has 0 aliphatic carbocycles. The number of rotatable bonds is 5. The molecule has 0 bridgehead atoms. The summed E-state index contributed by atoms with van der Waals surface area (Å²) in [5.74, 6) is 1.72. The highest BCUT2D eigenvalue weighted by molar-refractivity contribution is 5.86. The number of aromatic nitrogens is 4. The first-order chi connectivity index (χ1) is 16.2. The number of para-hydroxylation sites is 1. The molecule has 7 heteroatoms. The number of methoxy groups -OCH3 is 2. The van der Waals surface area contributed by atoms with E-state index in [2.05, 4.69) is 44.9 Å². The summed E-state index contributed by atoms with van der Waals surface area (Å²) in [6.45, 7) is 1.50. The number of hydrogen-bond acceptors (Lipinski definition) is 5. The molecule has 2 aromatic heterocycles. The average molecular weight is 440 g/mol. The molecule has 0 spiro atoms. The third-order valence-corrected chi connectivity index (χ3v) is 6.54. The van der Waals surface area contributed by atoms with Gasteiger partial charge in [0.1, 0.15) is 17.0 Å². The fourth-order valence-electron chi connectivity index (χ4n) is 4.92. The fraction of sp³-hybridized carbons (Fsp3) is 0.231. The highest BCUT2D eigenvalue weighted by atomic mass is 16.5. The van der Waals surface area contributed by atoms with Crippen molar-refractivity contribution >= 4 is 21.9 Å². The molecule has 6 rings (SSSR count). The van der Waals surface area contributed by atoms with Gasteiger partial charge in [-0.15, -0.1) is 5.10 Å². The zero-order valence-corrected chi connectivity index (χ0v) is 18.6. The summed E-state index contributed by atoms with van der Waals surface area (Å²) >= 11 is 0. The van der Waals surface area contributed by atoms with Crippen LogP contribution in [-0.2, 0) is 13.0 Å². The quantitative estimate of drug-likeness (QED) is 0.429. The van der Waals surface area contributed by atoms with Gasteiger partial charge in [0, 0.05) is 28.7 Å². The van der Waals surface area contributed by atoms with E-state index in [0.717, 1.165) is 46.6 Å². The molecule has 0 fully saturated rings. The van der Waals surface area contributed by atoms with E-state index in [0.29, 0.717) is 6.54 Å². The maximum absolute atomic E-state index is 5.69. The van der Waals surface area contributed by atoms with Gasteiger partial charge < -0.3 is 19.8 Å². The number of hydrogen-bond donors (Lipinski definition) is 2. The molecule has 1 aliphatic rings. The second kappa shape index (κ2) is 7.94.